The fraction of sp³-hybridized carbons (Fsp3) is 0.208. The maximum absolute atomic E-state index is 11.8. The van der Waals surface area contributed by atoms with Crippen molar-refractivity contribution in [3.63, 3.8) is 0 Å². The summed E-state index contributed by atoms with van der Waals surface area (Å²) in [5, 5.41) is 11.8. The van der Waals surface area contributed by atoms with Crippen molar-refractivity contribution in [1.82, 2.24) is 14.5 Å². The van der Waals surface area contributed by atoms with E-state index in [9.17, 15) is 6.48 Å². The first-order chi connectivity index (χ1) is 30.9. The van der Waals surface area contributed by atoms with Crippen molar-refractivity contribution < 1.29 is 38.5 Å². The quantitative estimate of drug-likeness (QED) is 0.169. The largest absolute Gasteiger partial charge is 0.507 e. The molecule has 1 N–H and O–H groups in total. The molecule has 4 nitrogen and oxygen atoms in total. The molecule has 0 saturated heterocycles. The van der Waals surface area contributed by atoms with Crippen LogP contribution in [-0.4, -0.2) is 19.6 Å². The Balaban J connectivity index is 0.00000666. The molecule has 8 aromatic rings. The summed E-state index contributed by atoms with van der Waals surface area (Å²) in [7, 11) is 0. The van der Waals surface area contributed by atoms with Crippen molar-refractivity contribution >= 4 is 11.0 Å². The topological polar surface area (TPSA) is 50.9 Å². The number of aromatic nitrogens is 3. The van der Waals surface area contributed by atoms with Gasteiger partial charge in [-0.2, -0.15) is 0 Å². The third kappa shape index (κ3) is 7.83. The smallest absolute Gasteiger partial charge is 0.148 e. The number of imidazole rings is 1. The molecule has 0 fully saturated rings. The predicted octanol–water partition coefficient (Wildman–Crippen LogP) is 13.8. The van der Waals surface area contributed by atoms with Gasteiger partial charge in [-0.25, -0.2) is 4.98 Å². The van der Waals surface area contributed by atoms with Gasteiger partial charge in [0.05, 0.1) is 30.5 Å². The van der Waals surface area contributed by atoms with Gasteiger partial charge in [0.2, 0.25) is 0 Å². The Bertz CT molecular complexity index is 3230. The zero-order valence-corrected chi connectivity index (χ0v) is 36.1. The molecule has 0 radical (unpaired) electrons. The number of para-hydroxylation sites is 1. The van der Waals surface area contributed by atoms with Crippen molar-refractivity contribution in [3.05, 3.63) is 167 Å². The summed E-state index contributed by atoms with van der Waals surface area (Å²) >= 11 is 0. The Morgan fingerprint density at radius 1 is 0.672 bits per heavy atom. The van der Waals surface area contributed by atoms with Crippen LogP contribution in [0.4, 0.5) is 0 Å². The second kappa shape index (κ2) is 15.6. The minimum atomic E-state index is -2.92. The van der Waals surface area contributed by atoms with Gasteiger partial charge in [-0.1, -0.05) is 143 Å². The van der Waals surface area contributed by atoms with E-state index in [-0.39, 0.29) is 61.1 Å². The van der Waals surface area contributed by atoms with Crippen LogP contribution in [0.3, 0.4) is 0 Å². The number of phenolic OH excluding ortho intramolecular Hbond substituents is 1. The maximum atomic E-state index is 11.8. The summed E-state index contributed by atoms with van der Waals surface area (Å²) < 4.78 is 78.8. The van der Waals surface area contributed by atoms with Crippen LogP contribution in [-0.2, 0) is 31.9 Å². The van der Waals surface area contributed by atoms with E-state index in [1.54, 1.807) is 0 Å². The number of pyridine rings is 1. The molecular weight excluding hydrogens is 890 g/mol. The Labute approximate surface area is 370 Å². The molecular formula is C53H50N3OPt-. The van der Waals surface area contributed by atoms with Crippen molar-refractivity contribution in [2.75, 3.05) is 0 Å². The molecule has 5 heteroatoms. The third-order valence-electron chi connectivity index (χ3n) is 10.4. The van der Waals surface area contributed by atoms with Crippen LogP contribution in [0.1, 0.15) is 81.7 Å². The molecule has 6 aromatic carbocycles. The number of nitrogens with zero attached hydrogens (tertiary/aromatic N) is 3. The van der Waals surface area contributed by atoms with Crippen LogP contribution in [0.25, 0.3) is 72.7 Å². The van der Waals surface area contributed by atoms with Gasteiger partial charge in [-0.05, 0) is 95.2 Å². The van der Waals surface area contributed by atoms with Gasteiger partial charge in [0.1, 0.15) is 11.6 Å². The second-order valence-corrected chi connectivity index (χ2v) is 16.7. The molecule has 294 valence electrons. The van der Waals surface area contributed by atoms with Crippen LogP contribution < -0.4 is 0 Å². The summed E-state index contributed by atoms with van der Waals surface area (Å²) in [4.78, 5) is 9.95. The van der Waals surface area contributed by atoms with E-state index < -0.39 is 42.0 Å². The standard InChI is InChI=1S/C53H50N3O.Pt/c1-33-18-20-36(21-19-33)38-24-25-54-46(31-38)40-28-39(29-42(30-40)53(7,8)9)43-16-13-17-48-49(43)55-51(45-27-34(2)26-35(3)50(45)57)56(48)47-23-22-41(52(4,5)6)32-44(47)37-14-11-10-12-15-37;/h10-27,29-32,57H,1-9H3;/q-1;/i1D3,18D,19D,20D,21D,24D,31D;. The van der Waals surface area contributed by atoms with E-state index >= 15 is 0 Å². The summed E-state index contributed by atoms with van der Waals surface area (Å²) in [6, 6.07) is 30.4. The Morgan fingerprint density at radius 2 is 1.40 bits per heavy atom. The Kier molecular flexibility index (Phi) is 8.23. The number of aryl methyl sites for hydroxylation is 2. The number of fused-ring (bicyclic) bond motifs is 1. The number of benzene rings is 6. The molecule has 0 unspecified atom stereocenters. The predicted molar refractivity (Wildman–Crippen MR) is 238 cm³/mol. The molecule has 0 atom stereocenters. The van der Waals surface area contributed by atoms with E-state index in [1.165, 1.54) is 6.20 Å². The molecule has 0 bridgehead atoms. The first kappa shape index (κ1) is 30.5. The first-order valence-corrected chi connectivity index (χ1v) is 19.1. The number of aromatic hydroxyl groups is 1. The van der Waals surface area contributed by atoms with Crippen molar-refractivity contribution in [2.24, 2.45) is 0 Å². The van der Waals surface area contributed by atoms with Crippen LogP contribution in [0.15, 0.2) is 133 Å². The second-order valence-electron chi connectivity index (χ2n) is 16.7. The minimum absolute atomic E-state index is 0. The average molecular weight is 949 g/mol. The van der Waals surface area contributed by atoms with Crippen LogP contribution in [0, 0.1) is 26.8 Å². The number of hydrogen-bond donors (Lipinski definition) is 1. The molecule has 0 aliphatic rings. The van der Waals surface area contributed by atoms with Gasteiger partial charge in [0.25, 0.3) is 0 Å². The van der Waals surface area contributed by atoms with E-state index in [1.807, 2.05) is 74.5 Å². The summed E-state index contributed by atoms with van der Waals surface area (Å²) in [6.45, 7) is 13.7. The number of phenols is 1. The Morgan fingerprint density at radius 3 is 2.10 bits per heavy atom. The summed E-state index contributed by atoms with van der Waals surface area (Å²) in [5.41, 5.74) is 8.42. The van der Waals surface area contributed by atoms with Gasteiger partial charge in [-0.3, -0.25) is 9.55 Å². The summed E-state index contributed by atoms with van der Waals surface area (Å²) in [6.07, 6.45) is 1.20. The minimum Gasteiger partial charge on any atom is -0.507 e. The molecule has 2 heterocycles. The van der Waals surface area contributed by atoms with Gasteiger partial charge in [0.15, 0.2) is 0 Å². The van der Waals surface area contributed by atoms with Gasteiger partial charge in [-0.15, -0.1) is 29.3 Å². The van der Waals surface area contributed by atoms with Gasteiger partial charge >= 0.3 is 0 Å². The molecule has 2 aromatic heterocycles. The van der Waals surface area contributed by atoms with E-state index in [0.717, 1.165) is 39.0 Å². The molecule has 58 heavy (non-hydrogen) atoms. The molecule has 0 aliphatic carbocycles. The molecule has 0 spiro atoms. The van der Waals surface area contributed by atoms with Crippen LogP contribution in [0.5, 0.6) is 5.75 Å². The maximum Gasteiger partial charge on any atom is 0.148 e. The molecule has 8 rings (SSSR count). The normalized spacial score (nSPS) is 14.2. The monoisotopic (exact) mass is 948 g/mol. The zero-order valence-electron chi connectivity index (χ0n) is 42.8. The first-order valence-electron chi connectivity index (χ1n) is 23.6. The molecule has 0 saturated carbocycles. The fourth-order valence-corrected chi connectivity index (χ4v) is 7.25. The Hall–Kier alpha value is -5.57. The fourth-order valence-electron chi connectivity index (χ4n) is 7.25. The van der Waals surface area contributed by atoms with Crippen molar-refractivity contribution in [3.8, 4) is 67.5 Å². The average Bonchev–Trinajstić information content (AvgIpc) is 3.63. The van der Waals surface area contributed by atoms with Crippen LogP contribution in [0.2, 0.25) is 0 Å². The van der Waals surface area contributed by atoms with E-state index in [4.69, 9.17) is 16.0 Å². The molecule has 0 amide bonds. The van der Waals surface area contributed by atoms with E-state index in [0.29, 0.717) is 39.2 Å². The zero-order chi connectivity index (χ0) is 47.9. The van der Waals surface area contributed by atoms with Crippen molar-refractivity contribution in [2.45, 2.75) is 73.1 Å². The summed E-state index contributed by atoms with van der Waals surface area (Å²) in [5.74, 6) is 0.650. The number of rotatable bonds is 6. The SMILES string of the molecule is [2H]c1cnc(-c2[c-]c(-c3cccc4c3nc(-c3cc(C)cc(C)c3O)n4-c3ccc(C(C)(C)C)cc3-c3ccccc3)cc(C(C)(C)C)c2)c([2H])c1-c1c([2H])c([2H])c(C([2H])([2H])[2H])c([2H])c1[2H].[Pt]. The molecule has 0 aliphatic heterocycles. The van der Waals surface area contributed by atoms with E-state index in [2.05, 4.69) is 87.5 Å². The number of hydrogen-bond acceptors (Lipinski definition) is 3. The van der Waals surface area contributed by atoms with Crippen LogP contribution >= 0.6 is 0 Å². The van der Waals surface area contributed by atoms with Gasteiger partial charge < -0.3 is 5.11 Å². The van der Waals surface area contributed by atoms with Gasteiger partial charge in [0, 0.05) is 42.6 Å². The van der Waals surface area contributed by atoms with Crippen molar-refractivity contribution in [1.29, 1.82) is 0 Å². The third-order valence-corrected chi connectivity index (χ3v) is 10.4.